The van der Waals surface area contributed by atoms with Crippen molar-refractivity contribution in [3.8, 4) is 0 Å². The lowest BCUT2D eigenvalue weighted by Crippen LogP contribution is -2.27. The first kappa shape index (κ1) is 21.1. The van der Waals surface area contributed by atoms with Gasteiger partial charge in [-0.15, -0.1) is 0 Å². The van der Waals surface area contributed by atoms with Crippen LogP contribution < -0.4 is 0 Å². The Labute approximate surface area is 175 Å². The molecule has 0 N–H and O–H groups in total. The second-order valence-corrected chi connectivity index (χ2v) is 18.1. The molecule has 2 aliphatic heterocycles. The maximum Gasteiger partial charge on any atom is 0.0844 e. The number of rotatable bonds is 6. The Balaban J connectivity index is 1.37. The summed E-state index contributed by atoms with van der Waals surface area (Å²) < 4.78 is 11.7. The molecule has 28 heavy (non-hydrogen) atoms. The van der Waals surface area contributed by atoms with Crippen LogP contribution in [0.2, 0.25) is 0 Å². The first-order valence-electron chi connectivity index (χ1n) is 11.0. The van der Waals surface area contributed by atoms with E-state index in [1.165, 1.54) is 43.6 Å². The van der Waals surface area contributed by atoms with Gasteiger partial charge in [0.05, 0.1) is 24.9 Å². The number of ether oxygens (including phenoxy) is 2. The number of epoxide rings is 1. The molecule has 1 aromatic rings. The summed E-state index contributed by atoms with van der Waals surface area (Å²) in [6.07, 6.45) is 18.2. The van der Waals surface area contributed by atoms with Gasteiger partial charge in [-0.25, -0.2) is 20.1 Å². The molecule has 1 aliphatic carbocycles. The summed E-state index contributed by atoms with van der Waals surface area (Å²) in [5.41, 5.74) is 0. The summed E-state index contributed by atoms with van der Waals surface area (Å²) in [4.78, 5) is 3.15. The molecule has 0 aromatic heterocycles. The van der Waals surface area contributed by atoms with E-state index in [1.54, 1.807) is 9.79 Å². The van der Waals surface area contributed by atoms with Crippen molar-refractivity contribution in [2.45, 2.75) is 67.1 Å². The minimum absolute atomic E-state index is 0.459. The van der Waals surface area contributed by atoms with E-state index < -0.39 is 20.1 Å². The van der Waals surface area contributed by atoms with Gasteiger partial charge in [0.15, 0.2) is 0 Å². The molecule has 5 unspecified atom stereocenters. The minimum Gasteiger partial charge on any atom is -0.378 e. The standard InChI is InChI=1S/C24H40O2S2/c1-18-6-7-20(15-25-18)17-28(4,5)22-11-9-21(10-12-22)27(2,3)16-19-8-13-23-24(14-19)26-23/h9-12,18-20,23-24H,6-8,13-17H2,1-5H3. The van der Waals surface area contributed by atoms with Crippen molar-refractivity contribution in [1.82, 2.24) is 0 Å². The van der Waals surface area contributed by atoms with Crippen LogP contribution in [0.5, 0.6) is 0 Å². The van der Waals surface area contributed by atoms with E-state index in [2.05, 4.69) is 56.2 Å². The summed E-state index contributed by atoms with van der Waals surface area (Å²) in [6.45, 7) is 3.17. The Morgan fingerprint density at radius 3 is 1.89 bits per heavy atom. The zero-order valence-corrected chi connectivity index (χ0v) is 20.1. The van der Waals surface area contributed by atoms with E-state index >= 15 is 0 Å². The van der Waals surface area contributed by atoms with E-state index in [-0.39, 0.29) is 0 Å². The Morgan fingerprint density at radius 2 is 1.36 bits per heavy atom. The van der Waals surface area contributed by atoms with Crippen molar-refractivity contribution < 1.29 is 9.47 Å². The fourth-order valence-electron chi connectivity index (χ4n) is 5.25. The van der Waals surface area contributed by atoms with Crippen molar-refractivity contribution >= 4 is 20.1 Å². The first-order valence-corrected chi connectivity index (χ1v) is 16.3. The van der Waals surface area contributed by atoms with Crippen molar-refractivity contribution in [3.63, 3.8) is 0 Å². The number of hydrogen-bond donors (Lipinski definition) is 0. The highest BCUT2D eigenvalue weighted by molar-refractivity contribution is 8.33. The van der Waals surface area contributed by atoms with E-state index in [4.69, 9.17) is 9.47 Å². The second-order valence-electron chi connectivity index (χ2n) is 10.4. The maximum atomic E-state index is 5.93. The summed E-state index contributed by atoms with van der Waals surface area (Å²) in [5.74, 6) is 4.28. The van der Waals surface area contributed by atoms with Gasteiger partial charge >= 0.3 is 0 Å². The maximum absolute atomic E-state index is 5.93. The molecule has 2 nitrogen and oxygen atoms in total. The van der Waals surface area contributed by atoms with E-state index in [0.29, 0.717) is 18.3 Å². The van der Waals surface area contributed by atoms with Crippen LogP contribution in [0.15, 0.2) is 34.1 Å². The Hall–Kier alpha value is -0.160. The van der Waals surface area contributed by atoms with Crippen molar-refractivity contribution in [2.24, 2.45) is 11.8 Å². The van der Waals surface area contributed by atoms with Crippen molar-refractivity contribution in [3.05, 3.63) is 24.3 Å². The van der Waals surface area contributed by atoms with Crippen LogP contribution >= 0.6 is 20.1 Å². The van der Waals surface area contributed by atoms with E-state index in [9.17, 15) is 0 Å². The van der Waals surface area contributed by atoms with Crippen LogP contribution in [0.3, 0.4) is 0 Å². The third kappa shape index (κ3) is 4.94. The fourth-order valence-corrected chi connectivity index (χ4v) is 10.3. The quantitative estimate of drug-likeness (QED) is 0.529. The molecule has 4 heteroatoms. The highest BCUT2D eigenvalue weighted by Crippen LogP contribution is 2.56. The SMILES string of the molecule is CC1CCC(CS(C)(C)c2ccc(S(C)(C)CC3CCC4OC4C3)cc2)CO1. The van der Waals surface area contributed by atoms with Crippen LogP contribution in [-0.2, 0) is 9.47 Å². The molecule has 4 rings (SSSR count). The van der Waals surface area contributed by atoms with Gasteiger partial charge in [0.25, 0.3) is 0 Å². The molecular weight excluding hydrogens is 384 g/mol. The highest BCUT2D eigenvalue weighted by atomic mass is 32.3. The van der Waals surface area contributed by atoms with Gasteiger partial charge in [-0.3, -0.25) is 0 Å². The fraction of sp³-hybridized carbons (Fsp3) is 0.750. The molecule has 3 fully saturated rings. The summed E-state index contributed by atoms with van der Waals surface area (Å²) >= 11 is 0. The number of hydrogen-bond acceptors (Lipinski definition) is 2. The van der Waals surface area contributed by atoms with Crippen LogP contribution in [0, 0.1) is 11.8 Å². The molecule has 0 amide bonds. The molecule has 0 bridgehead atoms. The lowest BCUT2D eigenvalue weighted by Gasteiger charge is -2.39. The average molecular weight is 425 g/mol. The molecule has 2 heterocycles. The Kier molecular flexibility index (Phi) is 6.15. The van der Waals surface area contributed by atoms with Gasteiger partial charge in [0.2, 0.25) is 0 Å². The molecule has 1 aromatic carbocycles. The van der Waals surface area contributed by atoms with Gasteiger partial charge in [0.1, 0.15) is 0 Å². The molecule has 2 saturated heterocycles. The predicted molar refractivity (Wildman–Crippen MR) is 126 cm³/mol. The summed E-state index contributed by atoms with van der Waals surface area (Å²) in [7, 11) is -1.48. The normalized spacial score (nSPS) is 34.5. The van der Waals surface area contributed by atoms with Crippen molar-refractivity contribution in [1.29, 1.82) is 0 Å². The molecule has 0 radical (unpaired) electrons. The summed E-state index contributed by atoms with van der Waals surface area (Å²) in [6, 6.07) is 9.81. The van der Waals surface area contributed by atoms with Gasteiger partial charge in [-0.05, 0) is 121 Å². The molecule has 160 valence electrons. The molecule has 1 saturated carbocycles. The minimum atomic E-state index is -0.756. The lowest BCUT2D eigenvalue weighted by molar-refractivity contribution is 0.00137. The zero-order chi connectivity index (χ0) is 19.9. The number of benzene rings is 1. The van der Waals surface area contributed by atoms with Crippen LogP contribution in [0.25, 0.3) is 0 Å². The highest BCUT2D eigenvalue weighted by Gasteiger charge is 2.44. The van der Waals surface area contributed by atoms with Gasteiger partial charge < -0.3 is 9.47 Å². The van der Waals surface area contributed by atoms with Gasteiger partial charge in [0, 0.05) is 0 Å². The van der Waals surface area contributed by atoms with Crippen LogP contribution in [-0.4, -0.2) is 61.4 Å². The summed E-state index contributed by atoms with van der Waals surface area (Å²) in [5, 5.41) is 0. The number of fused-ring (bicyclic) bond motifs is 1. The molecule has 3 aliphatic rings. The third-order valence-corrected chi connectivity index (χ3v) is 12.8. The topological polar surface area (TPSA) is 21.8 Å². The Bertz CT molecular complexity index is 662. The third-order valence-electron chi connectivity index (χ3n) is 7.12. The average Bonchev–Trinajstić information content (AvgIpc) is 3.42. The predicted octanol–water partition coefficient (Wildman–Crippen LogP) is 5.92. The van der Waals surface area contributed by atoms with Gasteiger partial charge in [-0.1, -0.05) is 0 Å². The smallest absolute Gasteiger partial charge is 0.0844 e. The first-order chi connectivity index (χ1) is 13.2. The lowest BCUT2D eigenvalue weighted by atomic mass is 9.91. The monoisotopic (exact) mass is 424 g/mol. The molecule has 0 spiro atoms. The van der Waals surface area contributed by atoms with Gasteiger partial charge in [-0.2, -0.15) is 0 Å². The molecular formula is C24H40O2S2. The largest absolute Gasteiger partial charge is 0.378 e. The van der Waals surface area contributed by atoms with E-state index in [0.717, 1.165) is 18.4 Å². The van der Waals surface area contributed by atoms with Crippen molar-refractivity contribution in [2.75, 3.05) is 43.1 Å². The van der Waals surface area contributed by atoms with Crippen LogP contribution in [0.4, 0.5) is 0 Å². The van der Waals surface area contributed by atoms with E-state index in [1.807, 2.05) is 0 Å². The van der Waals surface area contributed by atoms with Crippen LogP contribution in [0.1, 0.15) is 39.0 Å². The second kappa shape index (κ2) is 8.17. The zero-order valence-electron chi connectivity index (χ0n) is 18.5. The Morgan fingerprint density at radius 1 is 0.786 bits per heavy atom. The molecule has 5 atom stereocenters.